The smallest absolute Gasteiger partial charge is 0.369 e. The predicted octanol–water partition coefficient (Wildman–Crippen LogP) is 2.88. The second-order valence-corrected chi connectivity index (χ2v) is 7.36. The highest BCUT2D eigenvalue weighted by Crippen LogP contribution is 2.42. The summed E-state index contributed by atoms with van der Waals surface area (Å²) < 4.78 is 40.0. The molecule has 1 atom stereocenters. The van der Waals surface area contributed by atoms with Crippen LogP contribution in [0.3, 0.4) is 0 Å². The van der Waals surface area contributed by atoms with Crippen LogP contribution >= 0.6 is 15.9 Å². The Morgan fingerprint density at radius 3 is 2.81 bits per heavy atom. The van der Waals surface area contributed by atoms with E-state index in [9.17, 15) is 13.2 Å². The molecule has 0 spiro atoms. The molecule has 1 aromatic carbocycles. The molecule has 2 N–H and O–H groups in total. The number of nitrogens with two attached hydrogens (primary N) is 1. The Morgan fingerprint density at radius 1 is 1.26 bits per heavy atom. The number of aliphatic imine (C=N–C) groups is 2. The SMILES string of the molecule is NC1=NC(c2cccc(Br)c2)(c2cnn(CC(F)(F)F)c2)C2=NCCCN12. The third kappa shape index (κ3) is 3.11. The van der Waals surface area contributed by atoms with E-state index in [1.54, 1.807) is 0 Å². The van der Waals surface area contributed by atoms with Gasteiger partial charge >= 0.3 is 6.18 Å². The average molecular weight is 441 g/mol. The molecule has 3 heterocycles. The topological polar surface area (TPSA) is 71.8 Å². The van der Waals surface area contributed by atoms with Crippen molar-refractivity contribution >= 4 is 27.7 Å². The number of aromatic nitrogens is 2. The molecule has 0 bridgehead atoms. The highest BCUT2D eigenvalue weighted by molar-refractivity contribution is 9.10. The van der Waals surface area contributed by atoms with Crippen LogP contribution in [0, 0.1) is 0 Å². The van der Waals surface area contributed by atoms with Crippen molar-refractivity contribution in [2.75, 3.05) is 13.1 Å². The number of guanidine groups is 1. The third-order valence-electron chi connectivity index (χ3n) is 4.57. The molecule has 6 nitrogen and oxygen atoms in total. The number of hydrogen-bond acceptors (Lipinski definition) is 5. The minimum atomic E-state index is -4.36. The zero-order chi connectivity index (χ0) is 19.2. The lowest BCUT2D eigenvalue weighted by molar-refractivity contribution is -0.142. The molecule has 1 unspecified atom stereocenters. The Kier molecular flexibility index (Phi) is 4.25. The first-order valence-corrected chi connectivity index (χ1v) is 9.12. The minimum Gasteiger partial charge on any atom is -0.369 e. The lowest BCUT2D eigenvalue weighted by Crippen LogP contribution is -2.46. The van der Waals surface area contributed by atoms with Gasteiger partial charge < -0.3 is 5.73 Å². The van der Waals surface area contributed by atoms with Crippen molar-refractivity contribution in [2.45, 2.75) is 24.7 Å². The molecule has 142 valence electrons. The number of hydrogen-bond donors (Lipinski definition) is 1. The minimum absolute atomic E-state index is 0.303. The summed E-state index contributed by atoms with van der Waals surface area (Å²) >= 11 is 3.45. The third-order valence-corrected chi connectivity index (χ3v) is 5.07. The van der Waals surface area contributed by atoms with E-state index in [4.69, 9.17) is 10.7 Å². The summed E-state index contributed by atoms with van der Waals surface area (Å²) in [5.74, 6) is 0.924. The standard InChI is InChI=1S/C17H16BrF3N6/c18-13-4-1-3-11(7-13)17(12-8-24-26(9-12)10-16(19,20)21)14-23-5-2-6-27(14)15(22)25-17/h1,3-4,7-9H,2,5-6,10H2,(H2,22,25). The molecular weight excluding hydrogens is 425 g/mol. The molecule has 0 radical (unpaired) electrons. The molecular formula is C17H16BrF3N6. The van der Waals surface area contributed by atoms with Gasteiger partial charge in [0.1, 0.15) is 12.4 Å². The Bertz CT molecular complexity index is 935. The summed E-state index contributed by atoms with van der Waals surface area (Å²) in [7, 11) is 0. The maximum atomic E-state index is 12.8. The number of amidine groups is 1. The van der Waals surface area contributed by atoms with Gasteiger partial charge in [-0.25, -0.2) is 4.99 Å². The lowest BCUT2D eigenvalue weighted by Gasteiger charge is -2.32. The molecule has 0 fully saturated rings. The van der Waals surface area contributed by atoms with Crippen LogP contribution in [-0.4, -0.2) is 45.7 Å². The molecule has 27 heavy (non-hydrogen) atoms. The molecule has 0 aliphatic carbocycles. The second-order valence-electron chi connectivity index (χ2n) is 6.44. The van der Waals surface area contributed by atoms with E-state index in [2.05, 4.69) is 26.0 Å². The fourth-order valence-electron chi connectivity index (χ4n) is 3.51. The van der Waals surface area contributed by atoms with E-state index >= 15 is 0 Å². The first kappa shape index (κ1) is 18.0. The van der Waals surface area contributed by atoms with Crippen LogP contribution in [0.5, 0.6) is 0 Å². The maximum Gasteiger partial charge on any atom is 0.408 e. The molecule has 0 saturated heterocycles. The first-order valence-electron chi connectivity index (χ1n) is 8.33. The molecule has 2 aromatic rings. The fourth-order valence-corrected chi connectivity index (χ4v) is 3.91. The number of benzene rings is 1. The van der Waals surface area contributed by atoms with Crippen molar-refractivity contribution in [1.29, 1.82) is 0 Å². The van der Waals surface area contributed by atoms with Crippen molar-refractivity contribution in [3.63, 3.8) is 0 Å². The van der Waals surface area contributed by atoms with Gasteiger partial charge in [-0.15, -0.1) is 0 Å². The summed E-state index contributed by atoms with van der Waals surface area (Å²) in [6.45, 7) is 0.110. The second kappa shape index (κ2) is 6.36. The van der Waals surface area contributed by atoms with Crippen molar-refractivity contribution < 1.29 is 13.2 Å². The van der Waals surface area contributed by atoms with Gasteiger partial charge in [-0.2, -0.15) is 18.3 Å². The van der Waals surface area contributed by atoms with Gasteiger partial charge in [0, 0.05) is 29.3 Å². The van der Waals surface area contributed by atoms with Crippen LogP contribution in [0.15, 0.2) is 51.1 Å². The Hall–Kier alpha value is -2.36. The number of halogens is 4. The quantitative estimate of drug-likeness (QED) is 0.797. The fraction of sp³-hybridized carbons (Fsp3) is 0.353. The van der Waals surface area contributed by atoms with Gasteiger partial charge in [-0.05, 0) is 24.1 Å². The number of alkyl halides is 3. The predicted molar refractivity (Wildman–Crippen MR) is 98.5 cm³/mol. The summed E-state index contributed by atoms with van der Waals surface area (Å²) in [4.78, 5) is 11.2. The number of fused-ring (bicyclic) bond motifs is 1. The summed E-state index contributed by atoms with van der Waals surface area (Å²) in [5.41, 5.74) is 6.30. The normalized spacial score (nSPS) is 22.4. The first-order chi connectivity index (χ1) is 12.8. The molecule has 0 saturated carbocycles. The van der Waals surface area contributed by atoms with Crippen molar-refractivity contribution in [1.82, 2.24) is 14.7 Å². The van der Waals surface area contributed by atoms with Crippen LogP contribution < -0.4 is 5.73 Å². The zero-order valence-corrected chi connectivity index (χ0v) is 15.7. The van der Waals surface area contributed by atoms with Crippen molar-refractivity contribution in [3.05, 3.63) is 52.3 Å². The van der Waals surface area contributed by atoms with Crippen LogP contribution in [0.4, 0.5) is 13.2 Å². The summed E-state index contributed by atoms with van der Waals surface area (Å²) in [6.07, 6.45) is -0.754. The highest BCUT2D eigenvalue weighted by Gasteiger charge is 2.50. The molecule has 2 aliphatic heterocycles. The van der Waals surface area contributed by atoms with Crippen molar-refractivity contribution in [2.24, 2.45) is 15.7 Å². The van der Waals surface area contributed by atoms with Gasteiger partial charge in [0.05, 0.1) is 6.20 Å². The van der Waals surface area contributed by atoms with Gasteiger partial charge in [0.15, 0.2) is 11.5 Å². The molecule has 1 aromatic heterocycles. The van der Waals surface area contributed by atoms with Crippen LogP contribution in [-0.2, 0) is 12.1 Å². The number of nitrogens with zero attached hydrogens (tertiary/aromatic N) is 5. The zero-order valence-electron chi connectivity index (χ0n) is 14.1. The molecule has 0 amide bonds. The highest BCUT2D eigenvalue weighted by atomic mass is 79.9. The molecule has 4 rings (SSSR count). The summed E-state index contributed by atoms with van der Waals surface area (Å²) in [6, 6.07) is 7.45. The van der Waals surface area contributed by atoms with Crippen LogP contribution in [0.1, 0.15) is 17.5 Å². The molecule has 10 heteroatoms. The maximum absolute atomic E-state index is 12.8. The average Bonchev–Trinajstić information content (AvgIpc) is 3.17. The van der Waals surface area contributed by atoms with E-state index in [0.29, 0.717) is 30.4 Å². The van der Waals surface area contributed by atoms with E-state index in [1.807, 2.05) is 29.2 Å². The summed E-state index contributed by atoms with van der Waals surface area (Å²) in [5, 5.41) is 3.90. The Morgan fingerprint density at radius 2 is 2.07 bits per heavy atom. The van der Waals surface area contributed by atoms with Gasteiger partial charge in [0.25, 0.3) is 0 Å². The van der Waals surface area contributed by atoms with E-state index in [0.717, 1.165) is 21.1 Å². The van der Waals surface area contributed by atoms with Gasteiger partial charge in [-0.3, -0.25) is 14.6 Å². The Labute approximate surface area is 161 Å². The monoisotopic (exact) mass is 440 g/mol. The van der Waals surface area contributed by atoms with Gasteiger partial charge in [0.2, 0.25) is 0 Å². The molecule has 2 aliphatic rings. The van der Waals surface area contributed by atoms with Crippen molar-refractivity contribution in [3.8, 4) is 0 Å². The van der Waals surface area contributed by atoms with E-state index in [1.165, 1.54) is 12.4 Å². The largest absolute Gasteiger partial charge is 0.408 e. The van der Waals surface area contributed by atoms with E-state index in [-0.39, 0.29) is 0 Å². The van der Waals surface area contributed by atoms with Gasteiger partial charge in [-0.1, -0.05) is 28.1 Å². The Balaban J connectivity index is 1.90. The van der Waals surface area contributed by atoms with Crippen LogP contribution in [0.2, 0.25) is 0 Å². The van der Waals surface area contributed by atoms with E-state index < -0.39 is 18.3 Å². The number of rotatable bonds is 3. The lowest BCUT2D eigenvalue weighted by atomic mass is 9.83. The van der Waals surface area contributed by atoms with Crippen LogP contribution in [0.25, 0.3) is 0 Å².